The standard InChI is InChI=1S/C20H28N2O3/c1-14-11-16(20(24)25)8-7-15(14)12-19(23)21-17-9-10-22(13-17)18-5-3-2-4-6-18/h7-8,11,17-18H,2-6,9-10,12-13H2,1H3,(H,21,23)(H,24,25). The van der Waals surface area contributed by atoms with Crippen molar-refractivity contribution in [2.75, 3.05) is 13.1 Å². The fourth-order valence-corrected chi connectivity index (χ4v) is 4.16. The van der Waals surface area contributed by atoms with Gasteiger partial charge in [-0.05, 0) is 49.4 Å². The molecule has 1 saturated carbocycles. The van der Waals surface area contributed by atoms with E-state index in [2.05, 4.69) is 10.2 Å². The molecule has 0 radical (unpaired) electrons. The second-order valence-electron chi connectivity index (χ2n) is 7.46. The van der Waals surface area contributed by atoms with Gasteiger partial charge < -0.3 is 10.4 Å². The zero-order valence-electron chi connectivity index (χ0n) is 15.0. The van der Waals surface area contributed by atoms with Crippen LogP contribution in [0.3, 0.4) is 0 Å². The highest BCUT2D eigenvalue weighted by atomic mass is 16.4. The Labute approximate surface area is 149 Å². The van der Waals surface area contributed by atoms with Crippen LogP contribution in [0.25, 0.3) is 0 Å². The van der Waals surface area contributed by atoms with Crippen molar-refractivity contribution in [1.29, 1.82) is 0 Å². The van der Waals surface area contributed by atoms with E-state index in [4.69, 9.17) is 5.11 Å². The molecule has 1 unspecified atom stereocenters. The van der Waals surface area contributed by atoms with Crippen LogP contribution in [-0.2, 0) is 11.2 Å². The molecule has 0 spiro atoms. The number of aromatic carboxylic acids is 1. The van der Waals surface area contributed by atoms with Gasteiger partial charge in [0.1, 0.15) is 0 Å². The van der Waals surface area contributed by atoms with Gasteiger partial charge in [0.05, 0.1) is 12.0 Å². The van der Waals surface area contributed by atoms with E-state index in [0.717, 1.165) is 30.6 Å². The lowest BCUT2D eigenvalue weighted by molar-refractivity contribution is -0.121. The zero-order valence-corrected chi connectivity index (χ0v) is 15.0. The number of nitrogens with zero attached hydrogens (tertiary/aromatic N) is 1. The molecular weight excluding hydrogens is 316 g/mol. The molecule has 1 aromatic rings. The topological polar surface area (TPSA) is 69.6 Å². The molecule has 1 aliphatic heterocycles. The molecule has 2 N–H and O–H groups in total. The van der Waals surface area contributed by atoms with Crippen LogP contribution in [0, 0.1) is 6.92 Å². The largest absolute Gasteiger partial charge is 0.478 e. The summed E-state index contributed by atoms with van der Waals surface area (Å²) in [6.45, 7) is 3.91. The van der Waals surface area contributed by atoms with E-state index in [1.807, 2.05) is 6.92 Å². The molecule has 1 aromatic carbocycles. The number of carbonyl (C=O) groups excluding carboxylic acids is 1. The van der Waals surface area contributed by atoms with Crippen LogP contribution in [0.5, 0.6) is 0 Å². The second kappa shape index (κ2) is 8.00. The van der Waals surface area contributed by atoms with Crippen molar-refractivity contribution in [3.63, 3.8) is 0 Å². The van der Waals surface area contributed by atoms with Gasteiger partial charge in [-0.1, -0.05) is 25.3 Å². The van der Waals surface area contributed by atoms with E-state index in [1.54, 1.807) is 18.2 Å². The Morgan fingerprint density at radius 3 is 2.64 bits per heavy atom. The molecule has 3 rings (SSSR count). The Hall–Kier alpha value is -1.88. The highest BCUT2D eigenvalue weighted by Crippen LogP contribution is 2.25. The summed E-state index contributed by atoms with van der Waals surface area (Å²) in [5.41, 5.74) is 2.01. The SMILES string of the molecule is Cc1cc(C(=O)O)ccc1CC(=O)NC1CCN(C2CCCCC2)C1. The lowest BCUT2D eigenvalue weighted by Crippen LogP contribution is -2.41. The van der Waals surface area contributed by atoms with Crippen LogP contribution >= 0.6 is 0 Å². The molecule has 1 atom stereocenters. The van der Waals surface area contributed by atoms with E-state index in [0.29, 0.717) is 12.5 Å². The minimum atomic E-state index is -0.937. The molecule has 136 valence electrons. The van der Waals surface area contributed by atoms with E-state index < -0.39 is 5.97 Å². The number of carbonyl (C=O) groups is 2. The quantitative estimate of drug-likeness (QED) is 0.862. The Balaban J connectivity index is 1.50. The third-order valence-electron chi connectivity index (χ3n) is 5.62. The summed E-state index contributed by atoms with van der Waals surface area (Å²) < 4.78 is 0. The maximum absolute atomic E-state index is 12.4. The van der Waals surface area contributed by atoms with Gasteiger partial charge in [0.15, 0.2) is 0 Å². The van der Waals surface area contributed by atoms with Gasteiger partial charge in [0, 0.05) is 25.2 Å². The van der Waals surface area contributed by atoms with Gasteiger partial charge in [0.2, 0.25) is 5.91 Å². The number of rotatable bonds is 5. The van der Waals surface area contributed by atoms with Crippen molar-refractivity contribution in [2.45, 2.75) is 64.0 Å². The number of nitrogens with one attached hydrogen (secondary N) is 1. The highest BCUT2D eigenvalue weighted by Gasteiger charge is 2.29. The minimum Gasteiger partial charge on any atom is -0.478 e. The van der Waals surface area contributed by atoms with Crippen molar-refractivity contribution in [2.24, 2.45) is 0 Å². The monoisotopic (exact) mass is 344 g/mol. The predicted molar refractivity (Wildman–Crippen MR) is 96.8 cm³/mol. The molecule has 1 heterocycles. The van der Waals surface area contributed by atoms with Crippen LogP contribution in [0.1, 0.15) is 60.0 Å². The predicted octanol–water partition coefficient (Wildman–Crippen LogP) is 2.76. The van der Waals surface area contributed by atoms with Gasteiger partial charge in [-0.25, -0.2) is 4.79 Å². The summed E-state index contributed by atoms with van der Waals surface area (Å²) in [5, 5.41) is 12.2. The molecule has 25 heavy (non-hydrogen) atoms. The summed E-state index contributed by atoms with van der Waals surface area (Å²) in [7, 11) is 0. The lowest BCUT2D eigenvalue weighted by atomic mass is 9.94. The molecule has 0 bridgehead atoms. The first kappa shape index (κ1) is 17.9. The normalized spacial score (nSPS) is 22.0. The maximum Gasteiger partial charge on any atom is 0.335 e. The summed E-state index contributed by atoms with van der Waals surface area (Å²) in [6.07, 6.45) is 7.98. The molecule has 1 aliphatic carbocycles. The van der Waals surface area contributed by atoms with Gasteiger partial charge in [-0.2, -0.15) is 0 Å². The van der Waals surface area contributed by atoms with Gasteiger partial charge >= 0.3 is 5.97 Å². The third-order valence-corrected chi connectivity index (χ3v) is 5.62. The molecule has 0 aromatic heterocycles. The first-order valence-electron chi connectivity index (χ1n) is 9.39. The van der Waals surface area contributed by atoms with Crippen LogP contribution < -0.4 is 5.32 Å². The van der Waals surface area contributed by atoms with E-state index in [9.17, 15) is 9.59 Å². The average molecular weight is 344 g/mol. The van der Waals surface area contributed by atoms with E-state index >= 15 is 0 Å². The number of carboxylic acids is 1. The Morgan fingerprint density at radius 2 is 1.96 bits per heavy atom. The molecule has 2 fully saturated rings. The Kier molecular flexibility index (Phi) is 5.74. The number of hydrogen-bond acceptors (Lipinski definition) is 3. The Bertz CT molecular complexity index is 638. The van der Waals surface area contributed by atoms with Crippen molar-refractivity contribution in [1.82, 2.24) is 10.2 Å². The summed E-state index contributed by atoms with van der Waals surface area (Å²) in [6, 6.07) is 5.90. The summed E-state index contributed by atoms with van der Waals surface area (Å²) in [5.74, 6) is -0.908. The lowest BCUT2D eigenvalue weighted by Gasteiger charge is -2.31. The molecule has 2 aliphatic rings. The fraction of sp³-hybridized carbons (Fsp3) is 0.600. The maximum atomic E-state index is 12.4. The summed E-state index contributed by atoms with van der Waals surface area (Å²) >= 11 is 0. The zero-order chi connectivity index (χ0) is 17.8. The van der Waals surface area contributed by atoms with Crippen molar-refractivity contribution in [3.05, 3.63) is 34.9 Å². The first-order valence-corrected chi connectivity index (χ1v) is 9.39. The number of benzene rings is 1. The Morgan fingerprint density at radius 1 is 1.20 bits per heavy atom. The van der Waals surface area contributed by atoms with Crippen LogP contribution in [0.2, 0.25) is 0 Å². The fourth-order valence-electron chi connectivity index (χ4n) is 4.16. The number of likely N-dealkylation sites (tertiary alicyclic amines) is 1. The van der Waals surface area contributed by atoms with Crippen LogP contribution in [0.4, 0.5) is 0 Å². The second-order valence-corrected chi connectivity index (χ2v) is 7.46. The smallest absolute Gasteiger partial charge is 0.335 e. The number of aryl methyl sites for hydroxylation is 1. The minimum absolute atomic E-state index is 0.0293. The highest BCUT2D eigenvalue weighted by molar-refractivity contribution is 5.88. The van der Waals surface area contributed by atoms with Gasteiger partial charge in [-0.15, -0.1) is 0 Å². The number of hydrogen-bond donors (Lipinski definition) is 2. The van der Waals surface area contributed by atoms with Crippen molar-refractivity contribution < 1.29 is 14.7 Å². The van der Waals surface area contributed by atoms with Gasteiger partial charge in [-0.3, -0.25) is 9.69 Å². The van der Waals surface area contributed by atoms with Gasteiger partial charge in [0.25, 0.3) is 0 Å². The molecule has 5 heteroatoms. The van der Waals surface area contributed by atoms with Crippen LogP contribution in [0.15, 0.2) is 18.2 Å². The molecular formula is C20H28N2O3. The van der Waals surface area contributed by atoms with Crippen molar-refractivity contribution >= 4 is 11.9 Å². The van der Waals surface area contributed by atoms with Crippen molar-refractivity contribution in [3.8, 4) is 0 Å². The van der Waals surface area contributed by atoms with E-state index in [-0.39, 0.29) is 17.5 Å². The third kappa shape index (κ3) is 4.60. The number of carboxylic acid groups (broad SMARTS) is 1. The molecule has 1 saturated heterocycles. The first-order chi connectivity index (χ1) is 12.0. The van der Waals surface area contributed by atoms with E-state index in [1.165, 1.54) is 32.1 Å². The molecule has 5 nitrogen and oxygen atoms in total. The van der Waals surface area contributed by atoms with Crippen LogP contribution in [-0.4, -0.2) is 47.1 Å². The number of amides is 1. The molecule has 1 amide bonds. The average Bonchev–Trinajstić information content (AvgIpc) is 3.05. The summed E-state index contributed by atoms with van der Waals surface area (Å²) in [4.78, 5) is 25.9.